The Morgan fingerprint density at radius 3 is 2.69 bits per heavy atom. The molecule has 0 radical (unpaired) electrons. The van der Waals surface area contributed by atoms with Gasteiger partial charge >= 0.3 is 5.97 Å². The fraction of sp³-hybridized carbons (Fsp3) is 0.286. The fourth-order valence-corrected chi connectivity index (χ4v) is 4.52. The van der Waals surface area contributed by atoms with Crippen LogP contribution in [0.4, 0.5) is 28.4 Å². The number of piperazine rings is 1. The Morgan fingerprint density at radius 1 is 1.31 bits per heavy atom. The number of carboxylic acids is 1. The van der Waals surface area contributed by atoms with Crippen LogP contribution in [-0.2, 0) is 22.6 Å². The zero-order chi connectivity index (χ0) is 25.8. The first-order valence-corrected chi connectivity index (χ1v) is 12.6. The van der Waals surface area contributed by atoms with Crippen LogP contribution >= 0.6 is 11.3 Å². The van der Waals surface area contributed by atoms with E-state index < -0.39 is 17.2 Å². The summed E-state index contributed by atoms with van der Waals surface area (Å²) in [6, 6.07) is 8.72. The van der Waals surface area contributed by atoms with Crippen molar-refractivity contribution in [1.82, 2.24) is 20.3 Å². The van der Waals surface area contributed by atoms with Crippen LogP contribution in [0.3, 0.4) is 0 Å². The molecule has 0 spiro atoms. The molecule has 3 heterocycles. The second-order valence-corrected chi connectivity index (χ2v) is 9.79. The van der Waals surface area contributed by atoms with E-state index in [1.807, 2.05) is 4.90 Å². The highest BCUT2D eigenvalue weighted by Gasteiger charge is 2.20. The van der Waals surface area contributed by atoms with Crippen molar-refractivity contribution in [2.75, 3.05) is 46.5 Å². The molecule has 1 amide bonds. The van der Waals surface area contributed by atoms with Gasteiger partial charge in [0.15, 0.2) is 5.13 Å². The molecule has 3 aromatic rings. The zero-order valence-corrected chi connectivity index (χ0v) is 21.0. The summed E-state index contributed by atoms with van der Waals surface area (Å²) in [5.74, 6) is 0.0119. The summed E-state index contributed by atoms with van der Waals surface area (Å²) in [6.45, 7) is 3.19. The third-order valence-corrected chi connectivity index (χ3v) is 7.00. The quantitative estimate of drug-likeness (QED) is 0.294. The minimum Gasteiger partial charge on any atom is -0.755 e. The number of anilines is 5. The molecule has 15 heteroatoms. The van der Waals surface area contributed by atoms with E-state index in [1.54, 1.807) is 37.3 Å². The summed E-state index contributed by atoms with van der Waals surface area (Å²) in [6.07, 6.45) is 0. The molecule has 1 aliphatic heterocycles. The number of aryl methyl sites for hydroxylation is 1. The summed E-state index contributed by atoms with van der Waals surface area (Å²) in [4.78, 5) is 38.4. The molecule has 2 aromatic heterocycles. The van der Waals surface area contributed by atoms with Crippen LogP contribution in [0.25, 0.3) is 0 Å². The van der Waals surface area contributed by atoms with E-state index in [9.17, 15) is 23.5 Å². The number of nitrogens with one attached hydrogen (secondary N) is 3. The Kier molecular flexibility index (Phi) is 7.61. The van der Waals surface area contributed by atoms with E-state index in [0.29, 0.717) is 47.8 Å². The van der Waals surface area contributed by atoms with Crippen molar-refractivity contribution in [3.05, 3.63) is 46.5 Å². The molecule has 1 fully saturated rings. The molecule has 190 valence electrons. The first-order valence-electron chi connectivity index (χ1n) is 10.7. The van der Waals surface area contributed by atoms with E-state index in [0.717, 1.165) is 21.2 Å². The van der Waals surface area contributed by atoms with Gasteiger partial charge in [0.1, 0.15) is 16.5 Å². The van der Waals surface area contributed by atoms with Crippen LogP contribution in [-0.4, -0.2) is 67.4 Å². The van der Waals surface area contributed by atoms with Gasteiger partial charge in [-0.05, 0) is 24.6 Å². The molecular formula is C21H23N8O5S2-. The van der Waals surface area contributed by atoms with E-state index in [4.69, 9.17) is 0 Å². The van der Waals surface area contributed by atoms with Crippen molar-refractivity contribution in [3.63, 3.8) is 0 Å². The van der Waals surface area contributed by atoms with Crippen LogP contribution in [0, 0.1) is 6.92 Å². The van der Waals surface area contributed by atoms with Crippen molar-refractivity contribution in [2.45, 2.75) is 13.5 Å². The first kappa shape index (κ1) is 25.3. The third-order valence-electron chi connectivity index (χ3n) is 5.28. The maximum atomic E-state index is 11.9. The number of aromatic carboxylic acids is 1. The summed E-state index contributed by atoms with van der Waals surface area (Å²) in [5.41, 5.74) is 1.80. The minimum atomic E-state index is -2.36. The smallest absolute Gasteiger partial charge is 0.347 e. The fourth-order valence-electron chi connectivity index (χ4n) is 3.42. The van der Waals surface area contributed by atoms with Gasteiger partial charge in [0.25, 0.3) is 0 Å². The van der Waals surface area contributed by atoms with Crippen molar-refractivity contribution >= 4 is 62.9 Å². The van der Waals surface area contributed by atoms with Gasteiger partial charge in [-0.25, -0.2) is 9.78 Å². The number of aromatic nitrogens is 3. The van der Waals surface area contributed by atoms with E-state index in [-0.39, 0.29) is 23.3 Å². The van der Waals surface area contributed by atoms with Crippen LogP contribution < -0.4 is 25.2 Å². The number of nitrogens with zero attached hydrogens (tertiary/aromatic N) is 5. The van der Waals surface area contributed by atoms with Gasteiger partial charge in [-0.3, -0.25) is 14.3 Å². The van der Waals surface area contributed by atoms with Gasteiger partial charge in [0, 0.05) is 49.7 Å². The van der Waals surface area contributed by atoms with Crippen LogP contribution in [0.2, 0.25) is 0 Å². The number of carbonyl (C=O) groups is 2. The topological polar surface area (TPSA) is 176 Å². The molecule has 1 saturated heterocycles. The molecule has 0 aliphatic carbocycles. The average Bonchev–Trinajstić information content (AvgIpc) is 3.22. The van der Waals surface area contributed by atoms with Crippen molar-refractivity contribution in [2.24, 2.45) is 0 Å². The number of carboxylic acid groups (broad SMARTS) is 1. The molecule has 1 unspecified atom stereocenters. The Bertz CT molecular complexity index is 1300. The summed E-state index contributed by atoms with van der Waals surface area (Å²) in [5, 5.41) is 18.6. The normalized spacial score (nSPS) is 14.2. The van der Waals surface area contributed by atoms with Gasteiger partial charge in [0.05, 0.1) is 12.2 Å². The number of amides is 1. The number of thiazole rings is 1. The number of hydrogen-bond donors (Lipinski definition) is 4. The largest absolute Gasteiger partial charge is 0.755 e. The van der Waals surface area contributed by atoms with Gasteiger partial charge in [-0.1, -0.05) is 23.5 Å². The lowest BCUT2D eigenvalue weighted by molar-refractivity contribution is -0.120. The highest BCUT2D eigenvalue weighted by Crippen LogP contribution is 2.27. The maximum absolute atomic E-state index is 11.9. The van der Waals surface area contributed by atoms with E-state index in [2.05, 4.69) is 30.9 Å². The molecular weight excluding hydrogens is 508 g/mol. The highest BCUT2D eigenvalue weighted by atomic mass is 32.2. The molecule has 1 aliphatic rings. The predicted octanol–water partition coefficient (Wildman–Crippen LogP) is 1.46. The van der Waals surface area contributed by atoms with Crippen molar-refractivity contribution < 1.29 is 23.5 Å². The number of hydrogen-bond acceptors (Lipinski definition) is 11. The lowest BCUT2D eigenvalue weighted by Gasteiger charge is -2.28. The second kappa shape index (κ2) is 10.8. The Morgan fingerprint density at radius 2 is 2.06 bits per heavy atom. The van der Waals surface area contributed by atoms with E-state index >= 15 is 0 Å². The maximum Gasteiger partial charge on any atom is 0.347 e. The molecule has 4 rings (SSSR count). The number of carbonyl (C=O) groups excluding carboxylic acids is 1. The molecule has 13 nitrogen and oxygen atoms in total. The number of benzene rings is 1. The standard InChI is InChI=1S/C21H24N8O5S2/c1-12-18(19(31)32)35-21(24-12)27-20-25-15(9-16(26-20)29-8-7-22-17(30)11-29)23-10-13-3-5-14(6-4-13)28(2)36(33)34/h3-6,9H,7-8,10-11H2,1-2H3,(H,22,30)(H,31,32)(H,33,34)(H2,23,24,25,26,27)/p-1. The zero-order valence-electron chi connectivity index (χ0n) is 19.3. The lowest BCUT2D eigenvalue weighted by atomic mass is 10.2. The molecule has 0 saturated carbocycles. The average molecular weight is 532 g/mol. The van der Waals surface area contributed by atoms with Crippen molar-refractivity contribution in [1.29, 1.82) is 0 Å². The Hall–Kier alpha value is -3.82. The monoisotopic (exact) mass is 531 g/mol. The van der Waals surface area contributed by atoms with Crippen LogP contribution in [0.5, 0.6) is 0 Å². The second-order valence-electron chi connectivity index (χ2n) is 7.80. The van der Waals surface area contributed by atoms with Crippen molar-refractivity contribution in [3.8, 4) is 0 Å². The van der Waals surface area contributed by atoms with Gasteiger partial charge < -0.3 is 29.5 Å². The molecule has 36 heavy (non-hydrogen) atoms. The molecule has 1 aromatic carbocycles. The van der Waals surface area contributed by atoms with Crippen LogP contribution in [0.15, 0.2) is 30.3 Å². The molecule has 0 bridgehead atoms. The number of rotatable bonds is 9. The lowest BCUT2D eigenvalue weighted by Crippen LogP contribution is -2.48. The molecule has 4 N–H and O–H groups in total. The van der Waals surface area contributed by atoms with E-state index in [1.165, 1.54) is 7.05 Å². The highest BCUT2D eigenvalue weighted by molar-refractivity contribution is 7.80. The Balaban J connectivity index is 1.56. The van der Waals surface area contributed by atoms with Gasteiger partial charge in [-0.15, -0.1) is 0 Å². The third kappa shape index (κ3) is 6.05. The summed E-state index contributed by atoms with van der Waals surface area (Å²) < 4.78 is 23.4. The minimum absolute atomic E-state index is 0.116. The predicted molar refractivity (Wildman–Crippen MR) is 135 cm³/mol. The summed E-state index contributed by atoms with van der Waals surface area (Å²) in [7, 11) is 1.46. The molecule has 1 atom stereocenters. The van der Waals surface area contributed by atoms with Gasteiger partial charge in [-0.2, -0.15) is 9.97 Å². The Labute approximate surface area is 213 Å². The van der Waals surface area contributed by atoms with Crippen LogP contribution in [0.1, 0.15) is 20.9 Å². The first-order chi connectivity index (χ1) is 17.2. The summed E-state index contributed by atoms with van der Waals surface area (Å²) >= 11 is -1.38. The SMILES string of the molecule is Cc1nc(Nc2nc(NCc3ccc(N(C)S(=O)[O-])cc3)cc(N3CCNC(=O)C3)n2)sc1C(=O)O. The van der Waals surface area contributed by atoms with Gasteiger partial charge in [0.2, 0.25) is 11.9 Å².